The van der Waals surface area contributed by atoms with Gasteiger partial charge in [0.1, 0.15) is 5.75 Å². The first-order valence-corrected chi connectivity index (χ1v) is 6.62. The van der Waals surface area contributed by atoms with E-state index in [-0.39, 0.29) is 12.1 Å². The van der Waals surface area contributed by atoms with Gasteiger partial charge in [0.15, 0.2) is 0 Å². The number of carbonyl (C=O) groups excluding carboxylic acids is 1. The minimum Gasteiger partial charge on any atom is -0.410 e. The van der Waals surface area contributed by atoms with Crippen molar-refractivity contribution >= 4 is 11.8 Å². The highest BCUT2D eigenvalue weighted by Gasteiger charge is 2.27. The van der Waals surface area contributed by atoms with Crippen molar-refractivity contribution < 1.29 is 9.53 Å². The van der Waals surface area contributed by atoms with Gasteiger partial charge in [-0.1, -0.05) is 36.4 Å². The van der Waals surface area contributed by atoms with E-state index in [0.29, 0.717) is 12.3 Å². The Balaban J connectivity index is 1.85. The van der Waals surface area contributed by atoms with Crippen molar-refractivity contribution in [1.29, 1.82) is 0 Å². The summed E-state index contributed by atoms with van der Waals surface area (Å²) in [7, 11) is 0. The number of anilines is 1. The first-order chi connectivity index (χ1) is 9.74. The van der Waals surface area contributed by atoms with E-state index >= 15 is 0 Å². The molecule has 0 fully saturated rings. The first-order valence-electron chi connectivity index (χ1n) is 6.62. The van der Waals surface area contributed by atoms with Crippen molar-refractivity contribution in [2.75, 3.05) is 11.4 Å². The topological polar surface area (TPSA) is 55.6 Å². The predicted molar refractivity (Wildman–Crippen MR) is 77.9 cm³/mol. The van der Waals surface area contributed by atoms with Crippen LogP contribution >= 0.6 is 0 Å². The second kappa shape index (κ2) is 5.35. The molecule has 0 saturated carbocycles. The molecule has 4 heteroatoms. The molecule has 1 atom stereocenters. The fourth-order valence-corrected chi connectivity index (χ4v) is 2.44. The third-order valence-corrected chi connectivity index (χ3v) is 3.35. The molecule has 1 amide bonds. The predicted octanol–water partition coefficient (Wildman–Crippen LogP) is 2.58. The van der Waals surface area contributed by atoms with Gasteiger partial charge in [-0.15, -0.1) is 0 Å². The largest absolute Gasteiger partial charge is 0.419 e. The molecule has 0 aliphatic carbocycles. The lowest BCUT2D eigenvalue weighted by Crippen LogP contribution is -2.47. The van der Waals surface area contributed by atoms with Gasteiger partial charge >= 0.3 is 6.09 Å². The Morgan fingerprint density at radius 1 is 1.10 bits per heavy atom. The summed E-state index contributed by atoms with van der Waals surface area (Å²) >= 11 is 0. The molecule has 0 saturated heterocycles. The summed E-state index contributed by atoms with van der Waals surface area (Å²) in [4.78, 5) is 13.9. The van der Waals surface area contributed by atoms with Crippen LogP contribution in [0.5, 0.6) is 5.75 Å². The van der Waals surface area contributed by atoms with Crippen LogP contribution in [0.25, 0.3) is 0 Å². The molecule has 1 heterocycles. The Morgan fingerprint density at radius 3 is 2.60 bits per heavy atom. The number of ether oxygens (including phenoxy) is 1. The van der Waals surface area contributed by atoms with E-state index in [0.717, 1.165) is 17.7 Å². The summed E-state index contributed by atoms with van der Waals surface area (Å²) < 4.78 is 5.39. The minimum absolute atomic E-state index is 0.0618. The number of rotatable bonds is 1. The standard InChI is InChI=1S/C16H16N2O2/c17-13-10-12-6-4-5-9-15(12)18(11-13)16(19)20-14-7-2-1-3-8-14/h1-9,13H,10-11,17H2. The number of carbonyl (C=O) groups is 1. The van der Waals surface area contributed by atoms with Crippen LogP contribution < -0.4 is 15.4 Å². The van der Waals surface area contributed by atoms with Gasteiger partial charge in [-0.05, 0) is 30.2 Å². The third kappa shape index (κ3) is 2.51. The van der Waals surface area contributed by atoms with Gasteiger partial charge in [0.2, 0.25) is 0 Å². The van der Waals surface area contributed by atoms with Crippen LogP contribution in [0, 0.1) is 0 Å². The monoisotopic (exact) mass is 268 g/mol. The molecule has 0 radical (unpaired) electrons. The highest BCUT2D eigenvalue weighted by molar-refractivity contribution is 5.90. The van der Waals surface area contributed by atoms with Gasteiger partial charge in [0, 0.05) is 12.6 Å². The molecule has 0 spiro atoms. The van der Waals surface area contributed by atoms with Crippen molar-refractivity contribution in [1.82, 2.24) is 0 Å². The number of nitrogens with zero attached hydrogens (tertiary/aromatic N) is 1. The smallest absolute Gasteiger partial charge is 0.410 e. The molecule has 0 aromatic heterocycles. The zero-order chi connectivity index (χ0) is 13.9. The van der Waals surface area contributed by atoms with Crippen molar-refractivity contribution in [3.05, 3.63) is 60.2 Å². The molecule has 20 heavy (non-hydrogen) atoms. The van der Waals surface area contributed by atoms with Crippen molar-refractivity contribution in [3.8, 4) is 5.75 Å². The number of hydrogen-bond acceptors (Lipinski definition) is 3. The highest BCUT2D eigenvalue weighted by atomic mass is 16.6. The molecule has 1 unspecified atom stereocenters. The highest BCUT2D eigenvalue weighted by Crippen LogP contribution is 2.27. The maximum atomic E-state index is 12.3. The van der Waals surface area contributed by atoms with Gasteiger partial charge in [0.25, 0.3) is 0 Å². The lowest BCUT2D eigenvalue weighted by Gasteiger charge is -2.32. The molecule has 4 nitrogen and oxygen atoms in total. The Kier molecular flexibility index (Phi) is 3.39. The number of nitrogens with two attached hydrogens (primary N) is 1. The molecular weight excluding hydrogens is 252 g/mol. The van der Waals surface area contributed by atoms with Crippen LogP contribution in [0.2, 0.25) is 0 Å². The Bertz CT molecular complexity index is 613. The molecule has 2 N–H and O–H groups in total. The number of amides is 1. The second-order valence-corrected chi connectivity index (χ2v) is 4.88. The second-order valence-electron chi connectivity index (χ2n) is 4.88. The molecule has 1 aliphatic rings. The summed E-state index contributed by atoms with van der Waals surface area (Å²) in [5.41, 5.74) is 7.99. The molecule has 102 valence electrons. The summed E-state index contributed by atoms with van der Waals surface area (Å²) in [5.74, 6) is 0.536. The Hall–Kier alpha value is -2.33. The fraction of sp³-hybridized carbons (Fsp3) is 0.188. The van der Waals surface area contributed by atoms with Crippen molar-refractivity contribution in [2.24, 2.45) is 5.73 Å². The lowest BCUT2D eigenvalue weighted by molar-refractivity contribution is 0.206. The maximum Gasteiger partial charge on any atom is 0.419 e. The van der Waals surface area contributed by atoms with Crippen molar-refractivity contribution in [3.63, 3.8) is 0 Å². The third-order valence-electron chi connectivity index (χ3n) is 3.35. The SMILES string of the molecule is NC1Cc2ccccc2N(C(=O)Oc2ccccc2)C1. The zero-order valence-electron chi connectivity index (χ0n) is 11.0. The molecule has 0 bridgehead atoms. The average molecular weight is 268 g/mol. The van der Waals surface area contributed by atoms with Crippen LogP contribution in [-0.4, -0.2) is 18.7 Å². The summed E-state index contributed by atoms with van der Waals surface area (Å²) in [6, 6.07) is 16.8. The number of hydrogen-bond donors (Lipinski definition) is 1. The zero-order valence-corrected chi connectivity index (χ0v) is 11.0. The molecule has 3 rings (SSSR count). The van der Waals surface area contributed by atoms with Gasteiger partial charge in [0.05, 0.1) is 5.69 Å². The molecule has 1 aliphatic heterocycles. The number of para-hydroxylation sites is 2. The van der Waals surface area contributed by atoms with E-state index in [4.69, 9.17) is 10.5 Å². The average Bonchev–Trinajstić information content (AvgIpc) is 2.47. The number of fused-ring (bicyclic) bond motifs is 1. The molecule has 2 aromatic rings. The van der Waals surface area contributed by atoms with Crippen LogP contribution in [0.3, 0.4) is 0 Å². The van der Waals surface area contributed by atoms with Crippen LogP contribution in [0.1, 0.15) is 5.56 Å². The van der Waals surface area contributed by atoms with Crippen LogP contribution in [-0.2, 0) is 6.42 Å². The van der Waals surface area contributed by atoms with Gasteiger partial charge in [-0.25, -0.2) is 4.79 Å². The van der Waals surface area contributed by atoms with Crippen molar-refractivity contribution in [2.45, 2.75) is 12.5 Å². The number of benzene rings is 2. The van der Waals surface area contributed by atoms with E-state index in [1.165, 1.54) is 0 Å². The van der Waals surface area contributed by atoms with Gasteiger partial charge in [-0.3, -0.25) is 4.90 Å². The van der Waals surface area contributed by atoms with Crippen LogP contribution in [0.15, 0.2) is 54.6 Å². The summed E-state index contributed by atoms with van der Waals surface area (Å²) in [6.45, 7) is 0.475. The van der Waals surface area contributed by atoms with Gasteiger partial charge in [-0.2, -0.15) is 0 Å². The van der Waals surface area contributed by atoms with Crippen LogP contribution in [0.4, 0.5) is 10.5 Å². The maximum absolute atomic E-state index is 12.3. The Labute approximate surface area is 117 Å². The quantitative estimate of drug-likeness (QED) is 0.864. The van der Waals surface area contributed by atoms with E-state index in [2.05, 4.69) is 0 Å². The minimum atomic E-state index is -0.390. The van der Waals surface area contributed by atoms with E-state index in [9.17, 15) is 4.79 Å². The van der Waals surface area contributed by atoms with E-state index < -0.39 is 0 Å². The normalized spacial score (nSPS) is 17.4. The van der Waals surface area contributed by atoms with E-state index in [1.54, 1.807) is 17.0 Å². The Morgan fingerprint density at radius 2 is 1.80 bits per heavy atom. The summed E-state index contributed by atoms with van der Waals surface area (Å²) in [5, 5.41) is 0. The van der Waals surface area contributed by atoms with E-state index in [1.807, 2.05) is 42.5 Å². The fourth-order valence-electron chi connectivity index (χ4n) is 2.44. The molecule has 2 aromatic carbocycles. The molecular formula is C16H16N2O2. The lowest BCUT2D eigenvalue weighted by atomic mass is 9.99. The first kappa shape index (κ1) is 12.7. The summed E-state index contributed by atoms with van der Waals surface area (Å²) in [6.07, 6.45) is 0.393. The van der Waals surface area contributed by atoms with Gasteiger partial charge < -0.3 is 10.5 Å².